The Morgan fingerprint density at radius 2 is 1.52 bits per heavy atom. The second-order valence-electron chi connectivity index (χ2n) is 8.93. The Hall–Kier alpha value is -1.44. The Balaban J connectivity index is 2.41. The summed E-state index contributed by atoms with van der Waals surface area (Å²) in [6, 6.07) is 4.26. The fourth-order valence-corrected chi connectivity index (χ4v) is 3.08. The van der Waals surface area contributed by atoms with Gasteiger partial charge in [0.2, 0.25) is 0 Å². The molecule has 2 rings (SSSR count). The van der Waals surface area contributed by atoms with Crippen LogP contribution >= 0.6 is 0 Å². The first-order valence-corrected chi connectivity index (χ1v) is 8.91. The topological polar surface area (TPSA) is 32.3 Å². The molecule has 0 heterocycles. The molecule has 0 aromatic heterocycles. The van der Waals surface area contributed by atoms with Crippen LogP contribution < -0.4 is 5.32 Å². The largest absolute Gasteiger partial charge is 0.505 e. The van der Waals surface area contributed by atoms with Gasteiger partial charge in [-0.15, -0.1) is 0 Å². The molecule has 0 bridgehead atoms. The summed E-state index contributed by atoms with van der Waals surface area (Å²) in [6.07, 6.45) is 8.39. The van der Waals surface area contributed by atoms with Gasteiger partial charge in [-0.2, -0.15) is 0 Å². The van der Waals surface area contributed by atoms with Crippen LogP contribution in [0.2, 0.25) is 0 Å². The van der Waals surface area contributed by atoms with Gasteiger partial charge in [-0.05, 0) is 48.1 Å². The summed E-state index contributed by atoms with van der Waals surface area (Å²) in [5.41, 5.74) is 4.54. The number of nitrogens with one attached hydrogen (secondary N) is 1. The average Bonchev–Trinajstić information content (AvgIpc) is 2.44. The van der Waals surface area contributed by atoms with Crippen molar-refractivity contribution in [3.63, 3.8) is 0 Å². The molecule has 2 nitrogen and oxygen atoms in total. The summed E-state index contributed by atoms with van der Waals surface area (Å²) in [7, 11) is 0. The highest BCUT2D eigenvalue weighted by Crippen LogP contribution is 2.40. The number of benzene rings is 1. The molecule has 0 saturated heterocycles. The zero-order chi connectivity index (χ0) is 17.3. The molecule has 0 unspecified atom stereocenters. The van der Waals surface area contributed by atoms with Gasteiger partial charge in [-0.1, -0.05) is 59.6 Å². The number of hydrogen-bond acceptors (Lipinski definition) is 2. The number of anilines is 1. The van der Waals surface area contributed by atoms with Gasteiger partial charge in [0.1, 0.15) is 5.75 Å². The molecule has 128 valence electrons. The van der Waals surface area contributed by atoms with Crippen LogP contribution in [0, 0.1) is 0 Å². The molecule has 2 heteroatoms. The summed E-state index contributed by atoms with van der Waals surface area (Å²) in [5, 5.41) is 14.1. The predicted molar refractivity (Wildman–Crippen MR) is 100 cm³/mol. The first-order valence-electron chi connectivity index (χ1n) is 8.91. The molecule has 23 heavy (non-hydrogen) atoms. The fraction of sp³-hybridized carbons (Fsp3) is 0.619. The zero-order valence-corrected chi connectivity index (χ0v) is 15.7. The number of phenols is 1. The predicted octanol–water partition coefficient (Wildman–Crippen LogP) is 6.25. The zero-order valence-electron chi connectivity index (χ0n) is 15.7. The lowest BCUT2D eigenvalue weighted by Crippen LogP contribution is -2.17. The van der Waals surface area contributed by atoms with Crippen LogP contribution in [0.4, 0.5) is 5.69 Å². The lowest BCUT2D eigenvalue weighted by atomic mass is 9.79. The molecule has 1 fully saturated rings. The molecule has 0 amide bonds. The first kappa shape index (κ1) is 17.9. The van der Waals surface area contributed by atoms with E-state index in [1.807, 2.05) is 0 Å². The van der Waals surface area contributed by atoms with E-state index in [0.717, 1.165) is 11.3 Å². The smallest absolute Gasteiger partial charge is 0.142 e. The summed E-state index contributed by atoms with van der Waals surface area (Å²) < 4.78 is 0. The third kappa shape index (κ3) is 4.53. The van der Waals surface area contributed by atoms with Crippen LogP contribution in [0.5, 0.6) is 5.75 Å². The van der Waals surface area contributed by atoms with E-state index in [9.17, 15) is 5.11 Å². The molecular weight excluding hydrogens is 282 g/mol. The van der Waals surface area contributed by atoms with Crippen molar-refractivity contribution in [2.24, 2.45) is 0 Å². The van der Waals surface area contributed by atoms with E-state index in [0.29, 0.717) is 5.75 Å². The maximum Gasteiger partial charge on any atom is 0.142 e. The molecular formula is C21H33NO. The van der Waals surface area contributed by atoms with Gasteiger partial charge in [-0.3, -0.25) is 0 Å². The third-order valence-electron chi connectivity index (χ3n) is 4.71. The number of phenolic OH excluding ortho intramolecular Hbond substituents is 1. The fourth-order valence-electron chi connectivity index (χ4n) is 3.08. The van der Waals surface area contributed by atoms with E-state index in [1.54, 1.807) is 0 Å². The highest BCUT2D eigenvalue weighted by molar-refractivity contribution is 5.65. The number of allylic oxidation sites excluding steroid dienone is 1. The third-order valence-corrected chi connectivity index (χ3v) is 4.71. The van der Waals surface area contributed by atoms with Gasteiger partial charge < -0.3 is 10.4 Å². The van der Waals surface area contributed by atoms with Crippen LogP contribution in [0.15, 0.2) is 23.9 Å². The molecule has 1 saturated carbocycles. The van der Waals surface area contributed by atoms with Gasteiger partial charge in [0.15, 0.2) is 0 Å². The SMILES string of the molecule is CC(C)(C)c1cc(NC=C2CCCCC2)c(O)c(C(C)(C)C)c1. The minimum Gasteiger partial charge on any atom is -0.505 e. The maximum atomic E-state index is 10.8. The van der Waals surface area contributed by atoms with Gasteiger partial charge in [-0.25, -0.2) is 0 Å². The molecule has 0 spiro atoms. The van der Waals surface area contributed by atoms with E-state index in [-0.39, 0.29) is 10.8 Å². The molecule has 1 aliphatic rings. The Kier molecular flexibility index (Phi) is 5.13. The van der Waals surface area contributed by atoms with Crippen LogP contribution in [0.1, 0.15) is 84.8 Å². The van der Waals surface area contributed by atoms with Crippen LogP contribution in [-0.4, -0.2) is 5.11 Å². The van der Waals surface area contributed by atoms with Crippen molar-refractivity contribution in [1.82, 2.24) is 0 Å². The van der Waals surface area contributed by atoms with E-state index in [4.69, 9.17) is 0 Å². The second-order valence-corrected chi connectivity index (χ2v) is 8.93. The monoisotopic (exact) mass is 315 g/mol. The van der Waals surface area contributed by atoms with Gasteiger partial charge in [0.25, 0.3) is 0 Å². The van der Waals surface area contributed by atoms with Crippen molar-refractivity contribution in [1.29, 1.82) is 0 Å². The van der Waals surface area contributed by atoms with Crippen LogP contribution in [0.25, 0.3) is 0 Å². The van der Waals surface area contributed by atoms with E-state index in [1.165, 1.54) is 43.2 Å². The molecule has 1 aliphatic carbocycles. The molecule has 2 N–H and O–H groups in total. The Labute approximate surface area is 142 Å². The molecule has 0 atom stereocenters. The maximum absolute atomic E-state index is 10.8. The van der Waals surface area contributed by atoms with Crippen molar-refractivity contribution in [3.05, 3.63) is 35.0 Å². The van der Waals surface area contributed by atoms with Crippen molar-refractivity contribution in [2.75, 3.05) is 5.32 Å². The van der Waals surface area contributed by atoms with Gasteiger partial charge in [0, 0.05) is 11.8 Å². The minimum absolute atomic E-state index is 0.0577. The molecule has 0 radical (unpaired) electrons. The standard InChI is InChI=1S/C21H33NO/c1-20(2,3)16-12-17(21(4,5)6)19(23)18(13-16)22-14-15-10-8-7-9-11-15/h12-14,22-23H,7-11H2,1-6H3. The summed E-state index contributed by atoms with van der Waals surface area (Å²) in [6.45, 7) is 13.1. The van der Waals surface area contributed by atoms with Crippen LogP contribution in [-0.2, 0) is 10.8 Å². The van der Waals surface area contributed by atoms with Crippen molar-refractivity contribution < 1.29 is 5.11 Å². The number of aromatic hydroxyl groups is 1. The molecule has 1 aromatic carbocycles. The number of rotatable bonds is 2. The Bertz CT molecular complexity index is 577. The molecule has 0 aliphatic heterocycles. The summed E-state index contributed by atoms with van der Waals surface area (Å²) in [5.74, 6) is 0.387. The Morgan fingerprint density at radius 1 is 0.913 bits per heavy atom. The van der Waals surface area contributed by atoms with E-state index in [2.05, 4.69) is 65.2 Å². The number of hydrogen-bond donors (Lipinski definition) is 2. The van der Waals surface area contributed by atoms with Crippen molar-refractivity contribution in [2.45, 2.75) is 84.5 Å². The Morgan fingerprint density at radius 3 is 2.04 bits per heavy atom. The average molecular weight is 316 g/mol. The van der Waals surface area contributed by atoms with Crippen LogP contribution in [0.3, 0.4) is 0 Å². The normalized spacial score (nSPS) is 16.3. The van der Waals surface area contributed by atoms with Crippen molar-refractivity contribution in [3.8, 4) is 5.75 Å². The highest BCUT2D eigenvalue weighted by Gasteiger charge is 2.24. The summed E-state index contributed by atoms with van der Waals surface area (Å²) in [4.78, 5) is 0. The van der Waals surface area contributed by atoms with E-state index < -0.39 is 0 Å². The van der Waals surface area contributed by atoms with E-state index >= 15 is 0 Å². The highest BCUT2D eigenvalue weighted by atomic mass is 16.3. The quantitative estimate of drug-likeness (QED) is 0.632. The minimum atomic E-state index is -0.0836. The molecule has 1 aromatic rings. The van der Waals surface area contributed by atoms with Gasteiger partial charge >= 0.3 is 0 Å². The van der Waals surface area contributed by atoms with Crippen molar-refractivity contribution >= 4 is 5.69 Å². The lowest BCUT2D eigenvalue weighted by molar-refractivity contribution is 0.447. The summed E-state index contributed by atoms with van der Waals surface area (Å²) >= 11 is 0. The second kappa shape index (κ2) is 6.59. The van der Waals surface area contributed by atoms with Gasteiger partial charge in [0.05, 0.1) is 5.69 Å². The first-order chi connectivity index (χ1) is 10.6. The lowest BCUT2D eigenvalue weighted by Gasteiger charge is -2.27.